The highest BCUT2D eigenvalue weighted by molar-refractivity contribution is 9.11. The second-order valence-corrected chi connectivity index (χ2v) is 8.60. The van der Waals surface area contributed by atoms with Gasteiger partial charge < -0.3 is 10.1 Å². The molecule has 0 radical (unpaired) electrons. The smallest absolute Gasteiger partial charge is 0.248 e. The van der Waals surface area contributed by atoms with Crippen LogP contribution in [0, 0.1) is 0 Å². The van der Waals surface area contributed by atoms with E-state index in [-0.39, 0.29) is 5.91 Å². The monoisotopic (exact) mass is 533 g/mol. The van der Waals surface area contributed by atoms with Gasteiger partial charge in [0.05, 0.1) is 11.6 Å². The lowest BCUT2D eigenvalue weighted by Gasteiger charge is -2.08. The molecule has 0 unspecified atom stereocenters. The largest absolute Gasteiger partial charge is 0.495 e. The number of fused-ring (bicyclic) bond motifs is 1. The first-order valence-corrected chi connectivity index (χ1v) is 10.7. The molecular formula is C19H13Br2N5O2S. The van der Waals surface area contributed by atoms with Crippen molar-refractivity contribution < 1.29 is 9.53 Å². The molecule has 0 fully saturated rings. The molecular weight excluding hydrogens is 522 g/mol. The molecule has 2 aromatic carbocycles. The van der Waals surface area contributed by atoms with E-state index in [0.717, 1.165) is 30.0 Å². The Hall–Kier alpha value is -2.56. The normalized spacial score (nSPS) is 11.3. The van der Waals surface area contributed by atoms with Gasteiger partial charge in [0.1, 0.15) is 17.1 Å². The third kappa shape index (κ3) is 4.39. The van der Waals surface area contributed by atoms with Crippen LogP contribution in [-0.2, 0) is 4.79 Å². The van der Waals surface area contributed by atoms with Gasteiger partial charge in [-0.05, 0) is 58.4 Å². The second-order valence-electron chi connectivity index (χ2n) is 5.88. The molecule has 146 valence electrons. The number of halogens is 2. The maximum absolute atomic E-state index is 12.3. The molecule has 1 N–H and O–H groups in total. The van der Waals surface area contributed by atoms with Gasteiger partial charge in [0.15, 0.2) is 0 Å². The van der Waals surface area contributed by atoms with Crippen LogP contribution in [-0.4, -0.2) is 32.8 Å². The van der Waals surface area contributed by atoms with Crippen LogP contribution in [0.2, 0.25) is 0 Å². The molecule has 0 aliphatic carbocycles. The predicted octanol–water partition coefficient (Wildman–Crippen LogP) is 5.04. The van der Waals surface area contributed by atoms with E-state index < -0.39 is 0 Å². The van der Waals surface area contributed by atoms with E-state index in [2.05, 4.69) is 52.5 Å². The highest BCUT2D eigenvalue weighted by Crippen LogP contribution is 2.33. The van der Waals surface area contributed by atoms with Crippen LogP contribution in [0.3, 0.4) is 0 Å². The predicted molar refractivity (Wildman–Crippen MR) is 120 cm³/mol. The average Bonchev–Trinajstić information content (AvgIpc) is 3.29. The van der Waals surface area contributed by atoms with E-state index >= 15 is 0 Å². The number of amides is 1. The van der Waals surface area contributed by atoms with Gasteiger partial charge in [-0.15, -0.1) is 10.2 Å². The summed E-state index contributed by atoms with van der Waals surface area (Å²) in [4.78, 5) is 13.0. The number of anilines is 1. The molecule has 7 nitrogen and oxygen atoms in total. The number of carbonyl (C=O) groups excluding carboxylic acids is 1. The van der Waals surface area contributed by atoms with Crippen molar-refractivity contribution in [2.24, 2.45) is 0 Å². The van der Waals surface area contributed by atoms with Crippen LogP contribution in [0.5, 0.6) is 5.75 Å². The molecule has 2 heterocycles. The third-order valence-electron chi connectivity index (χ3n) is 3.94. The molecule has 0 spiro atoms. The van der Waals surface area contributed by atoms with Crippen molar-refractivity contribution in [1.29, 1.82) is 0 Å². The van der Waals surface area contributed by atoms with Crippen LogP contribution >= 0.6 is 43.2 Å². The van der Waals surface area contributed by atoms with Crippen LogP contribution in [0.1, 0.15) is 5.56 Å². The zero-order valence-electron chi connectivity index (χ0n) is 15.0. The number of nitrogens with zero attached hydrogens (tertiary/aromatic N) is 4. The zero-order valence-corrected chi connectivity index (χ0v) is 19.0. The number of carbonyl (C=O) groups is 1. The summed E-state index contributed by atoms with van der Waals surface area (Å²) < 4.78 is 8.70. The van der Waals surface area contributed by atoms with Gasteiger partial charge in [0.25, 0.3) is 0 Å². The lowest BCUT2D eigenvalue weighted by Crippen LogP contribution is -2.07. The van der Waals surface area contributed by atoms with Crippen LogP contribution in [0.15, 0.2) is 57.7 Å². The fourth-order valence-corrected chi connectivity index (χ4v) is 4.89. The van der Waals surface area contributed by atoms with Crippen molar-refractivity contribution in [3.05, 3.63) is 63.3 Å². The quantitative estimate of drug-likeness (QED) is 0.363. The van der Waals surface area contributed by atoms with Crippen molar-refractivity contribution in [1.82, 2.24) is 19.8 Å². The van der Waals surface area contributed by atoms with Crippen molar-refractivity contribution in [2.45, 2.75) is 0 Å². The standard InChI is InChI=1S/C19H13Br2N5O2S/c1-28-17-12(8-13(20)9-15(17)21)4-7-16(27)23-14-5-2-11(3-6-14)18-25-26-10-22-24-19(26)29-18/h2-10H,1H3,(H,23,27). The fourth-order valence-electron chi connectivity index (χ4n) is 2.64. The minimum atomic E-state index is -0.241. The van der Waals surface area contributed by atoms with E-state index in [1.54, 1.807) is 24.0 Å². The molecule has 0 atom stereocenters. The number of ether oxygens (including phenoxy) is 1. The molecule has 10 heteroatoms. The summed E-state index contributed by atoms with van der Waals surface area (Å²) in [6, 6.07) is 11.2. The lowest BCUT2D eigenvalue weighted by molar-refractivity contribution is -0.111. The Morgan fingerprint density at radius 3 is 2.76 bits per heavy atom. The van der Waals surface area contributed by atoms with E-state index in [0.29, 0.717) is 11.4 Å². The molecule has 0 bridgehead atoms. The van der Waals surface area contributed by atoms with Crippen LogP contribution in [0.4, 0.5) is 5.69 Å². The highest BCUT2D eigenvalue weighted by Gasteiger charge is 2.09. The van der Waals surface area contributed by atoms with Gasteiger partial charge in [0, 0.05) is 27.4 Å². The number of rotatable bonds is 5. The summed E-state index contributed by atoms with van der Waals surface area (Å²) >= 11 is 8.34. The Kier molecular flexibility index (Phi) is 5.74. The number of hydrogen-bond donors (Lipinski definition) is 1. The van der Waals surface area contributed by atoms with Gasteiger partial charge in [-0.2, -0.15) is 9.61 Å². The van der Waals surface area contributed by atoms with E-state index in [1.165, 1.54) is 17.4 Å². The number of methoxy groups -OCH3 is 1. The molecule has 29 heavy (non-hydrogen) atoms. The maximum Gasteiger partial charge on any atom is 0.248 e. The molecule has 0 aliphatic heterocycles. The summed E-state index contributed by atoms with van der Waals surface area (Å²) in [6.45, 7) is 0. The summed E-state index contributed by atoms with van der Waals surface area (Å²) in [5, 5.41) is 15.9. The van der Waals surface area contributed by atoms with Gasteiger partial charge in [-0.1, -0.05) is 27.3 Å². The Bertz CT molecular complexity index is 1190. The zero-order chi connectivity index (χ0) is 20.4. The number of nitrogens with one attached hydrogen (secondary N) is 1. The maximum atomic E-state index is 12.3. The molecule has 1 amide bonds. The molecule has 0 aliphatic rings. The summed E-state index contributed by atoms with van der Waals surface area (Å²) in [7, 11) is 1.59. The second kappa shape index (κ2) is 8.44. The number of hydrogen-bond acceptors (Lipinski definition) is 6. The van der Waals surface area contributed by atoms with Crippen molar-refractivity contribution in [2.75, 3.05) is 12.4 Å². The number of benzene rings is 2. The van der Waals surface area contributed by atoms with Gasteiger partial charge in [-0.25, -0.2) is 0 Å². The van der Waals surface area contributed by atoms with Gasteiger partial charge in [-0.3, -0.25) is 4.79 Å². The Morgan fingerprint density at radius 2 is 2.03 bits per heavy atom. The number of aromatic nitrogens is 4. The molecule has 4 rings (SSSR count). The summed E-state index contributed by atoms with van der Waals surface area (Å²) in [5.74, 6) is 0.418. The fraction of sp³-hybridized carbons (Fsp3) is 0.0526. The topological polar surface area (TPSA) is 81.4 Å². The van der Waals surface area contributed by atoms with Gasteiger partial charge >= 0.3 is 0 Å². The molecule has 2 aromatic heterocycles. The minimum Gasteiger partial charge on any atom is -0.495 e. The van der Waals surface area contributed by atoms with Crippen molar-refractivity contribution >= 4 is 65.8 Å². The SMILES string of the molecule is COc1c(Br)cc(Br)cc1C=CC(=O)Nc1ccc(-c2nn3cnnc3s2)cc1. The molecule has 4 aromatic rings. The van der Waals surface area contributed by atoms with Gasteiger partial charge in [0.2, 0.25) is 10.9 Å². The molecule has 0 saturated carbocycles. The summed E-state index contributed by atoms with van der Waals surface area (Å²) in [6.07, 6.45) is 4.74. The Balaban J connectivity index is 1.46. The minimum absolute atomic E-state index is 0.241. The highest BCUT2D eigenvalue weighted by atomic mass is 79.9. The van der Waals surface area contributed by atoms with Crippen LogP contribution in [0.25, 0.3) is 21.6 Å². The van der Waals surface area contributed by atoms with Crippen molar-refractivity contribution in [3.8, 4) is 16.3 Å². The first-order chi connectivity index (χ1) is 14.0. The van der Waals surface area contributed by atoms with Crippen molar-refractivity contribution in [3.63, 3.8) is 0 Å². The summed E-state index contributed by atoms with van der Waals surface area (Å²) in [5.41, 5.74) is 2.41. The van der Waals surface area contributed by atoms with E-state index in [9.17, 15) is 4.79 Å². The Labute approximate surface area is 186 Å². The van der Waals surface area contributed by atoms with E-state index in [1.807, 2.05) is 36.4 Å². The Morgan fingerprint density at radius 1 is 1.24 bits per heavy atom. The van der Waals surface area contributed by atoms with Crippen LogP contribution < -0.4 is 10.1 Å². The lowest BCUT2D eigenvalue weighted by atomic mass is 10.2. The average molecular weight is 535 g/mol. The first kappa shape index (κ1) is 19.7. The third-order valence-corrected chi connectivity index (χ3v) is 5.95. The van der Waals surface area contributed by atoms with E-state index in [4.69, 9.17) is 4.74 Å². The molecule has 0 saturated heterocycles. The first-order valence-electron chi connectivity index (χ1n) is 8.33.